The Kier molecular flexibility index (Phi) is 6.97. The number of carbonyl (C=O) groups is 1. The van der Waals surface area contributed by atoms with Crippen LogP contribution in [0, 0.1) is 29.9 Å². The predicted molar refractivity (Wildman–Crippen MR) is 136 cm³/mol. The summed E-state index contributed by atoms with van der Waals surface area (Å²) in [7, 11) is 0. The Labute approximate surface area is 217 Å². The van der Waals surface area contributed by atoms with Crippen LogP contribution in [0.4, 0.5) is 14.5 Å². The maximum Gasteiger partial charge on any atom is 0.266 e. The standard InChI is InChI=1S/C26H24F2N6O2S/c1-16-24(26(35)32-8-10-36-11-9-32)37-25(31-16)20-5-3-4-18(13-29)21(20)14-33-15-30-17(2)34(33)23-7-6-19(27)12-22(23)28/h3-7,12H,8-11,14-15H2,1-2H3. The van der Waals surface area contributed by atoms with E-state index in [1.807, 2.05) is 6.07 Å². The number of nitriles is 1. The van der Waals surface area contributed by atoms with E-state index in [1.165, 1.54) is 23.5 Å². The lowest BCUT2D eigenvalue weighted by molar-refractivity contribution is 0.0305. The highest BCUT2D eigenvalue weighted by Crippen LogP contribution is 2.35. The lowest BCUT2D eigenvalue weighted by Crippen LogP contribution is -2.41. The van der Waals surface area contributed by atoms with E-state index in [0.717, 1.165) is 11.6 Å². The Morgan fingerprint density at radius 2 is 1.97 bits per heavy atom. The monoisotopic (exact) mass is 522 g/mol. The quantitative estimate of drug-likeness (QED) is 0.495. The molecule has 3 aromatic rings. The highest BCUT2D eigenvalue weighted by Gasteiger charge is 2.30. The van der Waals surface area contributed by atoms with Gasteiger partial charge in [0, 0.05) is 31.3 Å². The summed E-state index contributed by atoms with van der Waals surface area (Å²) in [5.41, 5.74) is 2.63. The average molecular weight is 523 g/mol. The van der Waals surface area contributed by atoms with Gasteiger partial charge >= 0.3 is 0 Å². The summed E-state index contributed by atoms with van der Waals surface area (Å²) < 4.78 is 33.6. The van der Waals surface area contributed by atoms with E-state index in [0.29, 0.717) is 58.8 Å². The first kappa shape index (κ1) is 25.0. The Hall–Kier alpha value is -3.72. The molecule has 37 heavy (non-hydrogen) atoms. The Bertz CT molecular complexity index is 1430. The fraction of sp³-hybridized carbons (Fsp3) is 0.308. The van der Waals surface area contributed by atoms with Gasteiger partial charge in [0.1, 0.15) is 28.2 Å². The summed E-state index contributed by atoms with van der Waals surface area (Å²) in [6, 6.07) is 11.0. The number of aromatic nitrogens is 1. The van der Waals surface area contributed by atoms with Crippen LogP contribution in [-0.2, 0) is 11.3 Å². The molecule has 1 fully saturated rings. The molecule has 3 heterocycles. The smallest absolute Gasteiger partial charge is 0.266 e. The van der Waals surface area contributed by atoms with Gasteiger partial charge in [-0.3, -0.25) is 14.8 Å². The van der Waals surface area contributed by atoms with Crippen molar-refractivity contribution < 1.29 is 18.3 Å². The number of carbonyl (C=O) groups excluding carboxylic acids is 1. The molecule has 8 nitrogen and oxygen atoms in total. The van der Waals surface area contributed by atoms with Crippen LogP contribution < -0.4 is 5.01 Å². The van der Waals surface area contributed by atoms with Gasteiger partial charge in [-0.25, -0.2) is 13.8 Å². The summed E-state index contributed by atoms with van der Waals surface area (Å²) in [6.45, 7) is 6.09. The zero-order chi connectivity index (χ0) is 26.1. The molecular formula is C26H24F2N6O2S. The molecule has 0 spiro atoms. The number of hydrogen-bond donors (Lipinski definition) is 0. The van der Waals surface area contributed by atoms with Crippen molar-refractivity contribution in [2.24, 2.45) is 4.99 Å². The van der Waals surface area contributed by atoms with Gasteiger partial charge in [-0.05, 0) is 37.6 Å². The number of nitrogens with zero attached hydrogens (tertiary/aromatic N) is 6. The molecule has 0 aliphatic carbocycles. The maximum atomic E-state index is 14.7. The molecule has 11 heteroatoms. The molecule has 0 unspecified atom stereocenters. The summed E-state index contributed by atoms with van der Waals surface area (Å²) in [5, 5.41) is 13.9. The van der Waals surface area contributed by atoms with Crippen LogP contribution in [-0.4, -0.2) is 59.6 Å². The number of thiazole rings is 1. The molecule has 0 bridgehead atoms. The van der Waals surface area contributed by atoms with Crippen molar-refractivity contribution in [2.75, 3.05) is 38.0 Å². The number of benzene rings is 2. The molecule has 1 saturated heterocycles. The number of amides is 1. The van der Waals surface area contributed by atoms with Crippen LogP contribution in [0.15, 0.2) is 41.4 Å². The number of aliphatic imine (C=N–C) groups is 1. The van der Waals surface area contributed by atoms with E-state index in [9.17, 15) is 18.8 Å². The fourth-order valence-electron chi connectivity index (χ4n) is 4.48. The highest BCUT2D eigenvalue weighted by atomic mass is 32.1. The van der Waals surface area contributed by atoms with Crippen LogP contribution in [0.25, 0.3) is 10.6 Å². The second kappa shape index (κ2) is 10.3. The van der Waals surface area contributed by atoms with E-state index in [2.05, 4.69) is 11.1 Å². The van der Waals surface area contributed by atoms with Gasteiger partial charge in [-0.2, -0.15) is 10.3 Å². The van der Waals surface area contributed by atoms with Crippen molar-refractivity contribution in [3.05, 3.63) is 69.7 Å². The van der Waals surface area contributed by atoms with Crippen molar-refractivity contribution in [1.29, 1.82) is 5.26 Å². The van der Waals surface area contributed by atoms with Crippen LogP contribution in [0.3, 0.4) is 0 Å². The molecule has 0 atom stereocenters. The minimum atomic E-state index is -0.711. The third-order valence-electron chi connectivity index (χ3n) is 6.35. The largest absolute Gasteiger partial charge is 0.378 e. The normalized spacial score (nSPS) is 16.1. The molecule has 0 N–H and O–H groups in total. The third-order valence-corrected chi connectivity index (χ3v) is 7.53. The fourth-order valence-corrected chi connectivity index (χ4v) is 5.57. The number of hydrogen-bond acceptors (Lipinski definition) is 8. The van der Waals surface area contributed by atoms with Crippen LogP contribution in [0.1, 0.15) is 33.4 Å². The third kappa shape index (κ3) is 4.83. The number of aryl methyl sites for hydroxylation is 1. The molecule has 2 aliphatic rings. The molecule has 1 aromatic heterocycles. The predicted octanol–water partition coefficient (Wildman–Crippen LogP) is 4.35. The molecule has 2 aliphatic heterocycles. The van der Waals surface area contributed by atoms with Crippen molar-refractivity contribution in [3.8, 4) is 16.6 Å². The van der Waals surface area contributed by atoms with Crippen molar-refractivity contribution in [3.63, 3.8) is 0 Å². The highest BCUT2D eigenvalue weighted by molar-refractivity contribution is 7.17. The first-order valence-electron chi connectivity index (χ1n) is 11.7. The minimum absolute atomic E-state index is 0.0796. The van der Waals surface area contributed by atoms with Gasteiger partial charge in [0.15, 0.2) is 5.82 Å². The van der Waals surface area contributed by atoms with Gasteiger partial charge in [-0.15, -0.1) is 11.3 Å². The van der Waals surface area contributed by atoms with E-state index < -0.39 is 11.6 Å². The number of morpholine rings is 1. The number of halogens is 2. The molecule has 190 valence electrons. The zero-order valence-corrected chi connectivity index (χ0v) is 21.2. The van der Waals surface area contributed by atoms with Crippen LogP contribution in [0.2, 0.25) is 0 Å². The summed E-state index contributed by atoms with van der Waals surface area (Å²) in [5.74, 6) is -0.911. The topological polar surface area (TPSA) is 85.1 Å². The van der Waals surface area contributed by atoms with E-state index in [-0.39, 0.29) is 24.8 Å². The Morgan fingerprint density at radius 1 is 1.19 bits per heavy atom. The molecule has 2 aromatic carbocycles. The van der Waals surface area contributed by atoms with Gasteiger partial charge in [-0.1, -0.05) is 12.1 Å². The molecular weight excluding hydrogens is 498 g/mol. The Balaban J connectivity index is 1.50. The SMILES string of the molecule is CC1=NCN(Cc2c(C#N)cccc2-c2nc(C)c(C(=O)N3CCOCC3)s2)N1c1ccc(F)cc1F. The summed E-state index contributed by atoms with van der Waals surface area (Å²) in [6.07, 6.45) is 0. The van der Waals surface area contributed by atoms with E-state index >= 15 is 0 Å². The van der Waals surface area contributed by atoms with Crippen molar-refractivity contribution in [2.45, 2.75) is 20.4 Å². The van der Waals surface area contributed by atoms with Gasteiger partial charge < -0.3 is 9.64 Å². The molecule has 5 rings (SSSR count). The average Bonchev–Trinajstić information content (AvgIpc) is 3.46. The first-order valence-corrected chi connectivity index (χ1v) is 12.6. The Morgan fingerprint density at radius 3 is 2.70 bits per heavy atom. The number of rotatable bonds is 5. The second-order valence-electron chi connectivity index (χ2n) is 8.70. The lowest BCUT2D eigenvalue weighted by atomic mass is 10.0. The van der Waals surface area contributed by atoms with Crippen molar-refractivity contribution in [1.82, 2.24) is 14.9 Å². The molecule has 1 amide bonds. The number of anilines is 1. The van der Waals surface area contributed by atoms with Gasteiger partial charge in [0.2, 0.25) is 0 Å². The lowest BCUT2D eigenvalue weighted by Gasteiger charge is -2.30. The number of ether oxygens (including phenoxy) is 1. The van der Waals surface area contributed by atoms with E-state index in [4.69, 9.17) is 9.72 Å². The zero-order valence-electron chi connectivity index (χ0n) is 20.4. The van der Waals surface area contributed by atoms with E-state index in [1.54, 1.807) is 40.9 Å². The summed E-state index contributed by atoms with van der Waals surface area (Å²) in [4.78, 5) is 24.6. The maximum absolute atomic E-state index is 14.7. The van der Waals surface area contributed by atoms with Crippen LogP contribution in [0.5, 0.6) is 0 Å². The molecule has 0 saturated carbocycles. The minimum Gasteiger partial charge on any atom is -0.378 e. The second-order valence-corrected chi connectivity index (χ2v) is 9.70. The number of amidine groups is 1. The number of hydrazine groups is 1. The summed E-state index contributed by atoms with van der Waals surface area (Å²) >= 11 is 1.29. The van der Waals surface area contributed by atoms with Crippen LogP contribution >= 0.6 is 11.3 Å². The molecule has 0 radical (unpaired) electrons. The first-order chi connectivity index (χ1) is 17.9. The van der Waals surface area contributed by atoms with Gasteiger partial charge in [0.25, 0.3) is 5.91 Å². The van der Waals surface area contributed by atoms with Crippen molar-refractivity contribution >= 4 is 28.8 Å². The van der Waals surface area contributed by atoms with Gasteiger partial charge in [0.05, 0.1) is 36.2 Å².